The molecule has 0 unspecified atom stereocenters. The number of rotatable bonds is 11. The molecule has 0 bridgehead atoms. The van der Waals surface area contributed by atoms with E-state index in [0.29, 0.717) is 42.0 Å². The molecular formula is C27H32N4O4S. The van der Waals surface area contributed by atoms with Crippen molar-refractivity contribution in [2.75, 3.05) is 24.2 Å². The Kier molecular flexibility index (Phi) is 9.13. The van der Waals surface area contributed by atoms with Crippen LogP contribution < -0.4 is 16.2 Å². The number of nitrogens with zero attached hydrogens (tertiary/aromatic N) is 2. The summed E-state index contributed by atoms with van der Waals surface area (Å²) in [5.41, 5.74) is 2.35. The molecule has 0 aliphatic carbocycles. The Balaban J connectivity index is 1.39. The first-order chi connectivity index (χ1) is 17.5. The first-order valence-electron chi connectivity index (χ1n) is 12.4. The van der Waals surface area contributed by atoms with E-state index < -0.39 is 0 Å². The third kappa shape index (κ3) is 6.95. The van der Waals surface area contributed by atoms with Gasteiger partial charge in [0.15, 0.2) is 5.16 Å². The Labute approximate surface area is 214 Å². The molecule has 1 saturated heterocycles. The summed E-state index contributed by atoms with van der Waals surface area (Å²) in [5.74, 6) is -0.121. The maximum atomic E-state index is 13.2. The fraction of sp³-hybridized carbons (Fsp3) is 0.407. The molecule has 2 heterocycles. The van der Waals surface area contributed by atoms with Crippen molar-refractivity contribution in [1.29, 1.82) is 0 Å². The Morgan fingerprint density at radius 1 is 1.14 bits per heavy atom. The average Bonchev–Trinajstić information content (AvgIpc) is 3.42. The van der Waals surface area contributed by atoms with E-state index in [4.69, 9.17) is 4.74 Å². The number of aryl methyl sites for hydroxylation is 1. The van der Waals surface area contributed by atoms with Crippen LogP contribution in [0.4, 0.5) is 5.69 Å². The van der Waals surface area contributed by atoms with Crippen LogP contribution in [0.25, 0.3) is 10.9 Å². The molecule has 0 spiro atoms. The summed E-state index contributed by atoms with van der Waals surface area (Å²) in [6.45, 7) is 3.69. The SMILES string of the molecule is CCc1ccc(NC(=O)CSc2nc3ccccc3c(=O)n2CCCC(=O)NC[C@@H]2CCCO2)cc1. The van der Waals surface area contributed by atoms with E-state index in [1.54, 1.807) is 22.8 Å². The quantitative estimate of drug-likeness (QED) is 0.302. The average molecular weight is 509 g/mol. The molecule has 8 nitrogen and oxygen atoms in total. The van der Waals surface area contributed by atoms with E-state index in [2.05, 4.69) is 22.5 Å². The molecule has 0 saturated carbocycles. The summed E-state index contributed by atoms with van der Waals surface area (Å²) in [4.78, 5) is 42.7. The van der Waals surface area contributed by atoms with E-state index in [9.17, 15) is 14.4 Å². The first kappa shape index (κ1) is 25.9. The van der Waals surface area contributed by atoms with Gasteiger partial charge in [-0.15, -0.1) is 0 Å². The third-order valence-corrected chi connectivity index (χ3v) is 7.12. The van der Waals surface area contributed by atoms with Crippen LogP contribution in [0.2, 0.25) is 0 Å². The molecule has 4 rings (SSSR count). The Morgan fingerprint density at radius 2 is 1.94 bits per heavy atom. The predicted molar refractivity (Wildman–Crippen MR) is 142 cm³/mol. The minimum absolute atomic E-state index is 0.0602. The van der Waals surface area contributed by atoms with Crippen molar-refractivity contribution in [2.24, 2.45) is 0 Å². The number of para-hydroxylation sites is 1. The van der Waals surface area contributed by atoms with Crippen molar-refractivity contribution in [3.05, 3.63) is 64.4 Å². The molecule has 2 N–H and O–H groups in total. The molecule has 0 radical (unpaired) electrons. The molecule has 1 aromatic heterocycles. The van der Waals surface area contributed by atoms with Gasteiger partial charge in [-0.2, -0.15) is 0 Å². The Bertz CT molecular complexity index is 1250. The van der Waals surface area contributed by atoms with Gasteiger partial charge in [0.25, 0.3) is 5.56 Å². The van der Waals surface area contributed by atoms with Gasteiger partial charge in [-0.25, -0.2) is 4.98 Å². The van der Waals surface area contributed by atoms with Gasteiger partial charge in [-0.05, 0) is 55.5 Å². The second kappa shape index (κ2) is 12.7. The van der Waals surface area contributed by atoms with Gasteiger partial charge in [-0.1, -0.05) is 43.0 Å². The number of benzene rings is 2. The van der Waals surface area contributed by atoms with E-state index in [-0.39, 0.29) is 29.2 Å². The van der Waals surface area contributed by atoms with Crippen LogP contribution >= 0.6 is 11.8 Å². The van der Waals surface area contributed by atoms with Crippen molar-refractivity contribution in [1.82, 2.24) is 14.9 Å². The monoisotopic (exact) mass is 508 g/mol. The fourth-order valence-electron chi connectivity index (χ4n) is 4.13. The van der Waals surface area contributed by atoms with Crippen LogP contribution in [0.3, 0.4) is 0 Å². The van der Waals surface area contributed by atoms with Crippen LogP contribution in [-0.4, -0.2) is 46.4 Å². The number of carbonyl (C=O) groups is 2. The number of hydrogen-bond acceptors (Lipinski definition) is 6. The first-order valence-corrected chi connectivity index (χ1v) is 13.4. The van der Waals surface area contributed by atoms with Gasteiger partial charge in [0.2, 0.25) is 11.8 Å². The molecule has 1 atom stereocenters. The summed E-state index contributed by atoms with van der Waals surface area (Å²) < 4.78 is 7.11. The number of nitrogens with one attached hydrogen (secondary N) is 2. The number of hydrogen-bond donors (Lipinski definition) is 2. The number of amides is 2. The van der Waals surface area contributed by atoms with Gasteiger partial charge < -0.3 is 15.4 Å². The summed E-state index contributed by atoms with van der Waals surface area (Å²) in [6, 6.07) is 14.9. The molecule has 36 heavy (non-hydrogen) atoms. The molecular weight excluding hydrogens is 476 g/mol. The third-order valence-electron chi connectivity index (χ3n) is 6.14. The van der Waals surface area contributed by atoms with Crippen LogP contribution in [-0.2, 0) is 27.3 Å². The highest BCUT2D eigenvalue weighted by molar-refractivity contribution is 7.99. The number of aromatic nitrogens is 2. The van der Waals surface area contributed by atoms with Gasteiger partial charge in [0.1, 0.15) is 0 Å². The zero-order chi connectivity index (χ0) is 25.3. The van der Waals surface area contributed by atoms with Crippen LogP contribution in [0.5, 0.6) is 0 Å². The highest BCUT2D eigenvalue weighted by atomic mass is 32.2. The zero-order valence-electron chi connectivity index (χ0n) is 20.5. The van der Waals surface area contributed by atoms with Crippen molar-refractivity contribution < 1.29 is 14.3 Å². The highest BCUT2D eigenvalue weighted by Crippen LogP contribution is 2.19. The Hall–Kier alpha value is -3.17. The zero-order valence-corrected chi connectivity index (χ0v) is 21.3. The van der Waals surface area contributed by atoms with Gasteiger partial charge in [0.05, 0.1) is 22.8 Å². The van der Waals surface area contributed by atoms with Crippen molar-refractivity contribution >= 4 is 40.2 Å². The van der Waals surface area contributed by atoms with Gasteiger partial charge in [0, 0.05) is 31.8 Å². The minimum atomic E-state index is -0.174. The minimum Gasteiger partial charge on any atom is -0.376 e. The maximum Gasteiger partial charge on any atom is 0.262 e. The van der Waals surface area contributed by atoms with Crippen molar-refractivity contribution in [3.8, 4) is 0 Å². The lowest BCUT2D eigenvalue weighted by Crippen LogP contribution is -2.32. The summed E-state index contributed by atoms with van der Waals surface area (Å²) in [7, 11) is 0. The van der Waals surface area contributed by atoms with E-state index >= 15 is 0 Å². The smallest absolute Gasteiger partial charge is 0.262 e. The molecule has 1 fully saturated rings. The standard InChI is InChI=1S/C27H32N4O4S/c1-2-19-11-13-20(14-12-19)29-25(33)18-36-27-30-23-9-4-3-8-22(23)26(34)31(27)15-5-10-24(32)28-17-21-7-6-16-35-21/h3-4,8-9,11-14,21H,2,5-7,10,15-18H2,1H3,(H,28,32)(H,29,33)/t21-/m0/s1. The normalized spacial score (nSPS) is 15.2. The number of fused-ring (bicyclic) bond motifs is 1. The molecule has 1 aliphatic heterocycles. The largest absolute Gasteiger partial charge is 0.376 e. The van der Waals surface area contributed by atoms with Crippen LogP contribution in [0.15, 0.2) is 58.5 Å². The van der Waals surface area contributed by atoms with E-state index in [1.807, 2.05) is 30.3 Å². The Morgan fingerprint density at radius 3 is 2.69 bits per heavy atom. The number of anilines is 1. The fourth-order valence-corrected chi connectivity index (χ4v) is 4.95. The highest BCUT2D eigenvalue weighted by Gasteiger charge is 2.17. The lowest BCUT2D eigenvalue weighted by atomic mass is 10.1. The van der Waals surface area contributed by atoms with E-state index in [0.717, 1.165) is 31.6 Å². The molecule has 1 aliphatic rings. The van der Waals surface area contributed by atoms with Gasteiger partial charge >= 0.3 is 0 Å². The number of thioether (sulfide) groups is 1. The second-order valence-corrected chi connectivity index (χ2v) is 9.74. The molecule has 2 amide bonds. The number of ether oxygens (including phenoxy) is 1. The van der Waals surface area contributed by atoms with Crippen LogP contribution in [0.1, 0.15) is 38.2 Å². The maximum absolute atomic E-state index is 13.2. The molecule has 9 heteroatoms. The van der Waals surface area contributed by atoms with Gasteiger partial charge in [-0.3, -0.25) is 19.0 Å². The second-order valence-electron chi connectivity index (χ2n) is 8.80. The van der Waals surface area contributed by atoms with Crippen molar-refractivity contribution in [3.63, 3.8) is 0 Å². The van der Waals surface area contributed by atoms with E-state index in [1.165, 1.54) is 17.3 Å². The molecule has 2 aromatic carbocycles. The lowest BCUT2D eigenvalue weighted by molar-refractivity contribution is -0.121. The number of carbonyl (C=O) groups excluding carboxylic acids is 2. The molecule has 3 aromatic rings. The van der Waals surface area contributed by atoms with Crippen LogP contribution in [0, 0.1) is 0 Å². The lowest BCUT2D eigenvalue weighted by Gasteiger charge is -2.14. The summed E-state index contributed by atoms with van der Waals surface area (Å²) in [5, 5.41) is 6.79. The molecule has 190 valence electrons. The van der Waals surface area contributed by atoms with Crippen molar-refractivity contribution in [2.45, 2.75) is 56.8 Å². The summed E-state index contributed by atoms with van der Waals surface area (Å²) >= 11 is 1.22. The topological polar surface area (TPSA) is 102 Å². The predicted octanol–water partition coefficient (Wildman–Crippen LogP) is 3.77. The summed E-state index contributed by atoms with van der Waals surface area (Å²) in [6.07, 6.45) is 3.82.